The Morgan fingerprint density at radius 1 is 1.11 bits per heavy atom. The molecule has 0 saturated heterocycles. The quantitative estimate of drug-likeness (QED) is 0.740. The Kier molecular flexibility index (Phi) is 5.76. The maximum absolute atomic E-state index is 12.8. The van der Waals surface area contributed by atoms with Crippen molar-refractivity contribution in [2.75, 3.05) is 12.4 Å². The minimum Gasteiger partial charge on any atom is -0.496 e. The molecule has 1 atom stereocenters. The number of hydrogen-bond donors (Lipinski definition) is 2. The molecule has 0 bridgehead atoms. The van der Waals surface area contributed by atoms with Crippen molar-refractivity contribution in [3.63, 3.8) is 0 Å². The molecular weight excluding hydrogens is 376 g/mol. The van der Waals surface area contributed by atoms with Gasteiger partial charge in [-0.2, -0.15) is 0 Å². The molecule has 0 heterocycles. The largest absolute Gasteiger partial charge is 0.496 e. The van der Waals surface area contributed by atoms with E-state index in [0.717, 1.165) is 35.2 Å². The van der Waals surface area contributed by atoms with Crippen LogP contribution in [0.25, 0.3) is 0 Å². The summed E-state index contributed by atoms with van der Waals surface area (Å²) in [7, 11) is -2.12. The van der Waals surface area contributed by atoms with E-state index in [2.05, 4.69) is 10.0 Å². The molecule has 2 aromatic carbocycles. The summed E-state index contributed by atoms with van der Waals surface area (Å²) in [6.45, 7) is 5.43. The first kappa shape index (κ1) is 20.4. The van der Waals surface area contributed by atoms with Crippen molar-refractivity contribution in [1.29, 1.82) is 0 Å². The van der Waals surface area contributed by atoms with Crippen LogP contribution >= 0.6 is 0 Å². The second kappa shape index (κ2) is 7.93. The topological polar surface area (TPSA) is 84.5 Å². The third kappa shape index (κ3) is 4.54. The highest BCUT2D eigenvalue weighted by molar-refractivity contribution is 7.89. The second-order valence-electron chi connectivity index (χ2n) is 7.32. The highest BCUT2D eigenvalue weighted by Crippen LogP contribution is 2.30. The van der Waals surface area contributed by atoms with Gasteiger partial charge in [-0.3, -0.25) is 4.79 Å². The molecule has 6 nitrogen and oxygen atoms in total. The summed E-state index contributed by atoms with van der Waals surface area (Å²) in [6, 6.07) is 10.0. The number of ether oxygens (including phenoxy) is 1. The van der Waals surface area contributed by atoms with Crippen LogP contribution in [0, 0.1) is 19.8 Å². The maximum Gasteiger partial charge on any atom is 0.241 e. The Balaban J connectivity index is 1.72. The van der Waals surface area contributed by atoms with Gasteiger partial charge in [-0.1, -0.05) is 12.1 Å². The molecule has 0 aliphatic heterocycles. The summed E-state index contributed by atoms with van der Waals surface area (Å²) in [5.74, 6) is 0.879. The van der Waals surface area contributed by atoms with Gasteiger partial charge in [0.05, 0.1) is 12.0 Å². The third-order valence-corrected chi connectivity index (χ3v) is 6.43. The molecule has 7 heteroatoms. The molecule has 150 valence electrons. The van der Waals surface area contributed by atoms with Gasteiger partial charge in [-0.15, -0.1) is 0 Å². The average Bonchev–Trinajstić information content (AvgIpc) is 3.47. The smallest absolute Gasteiger partial charge is 0.241 e. The van der Waals surface area contributed by atoms with Crippen molar-refractivity contribution in [2.24, 2.45) is 5.92 Å². The molecule has 0 aromatic heterocycles. The number of aryl methyl sites for hydroxylation is 2. The van der Waals surface area contributed by atoms with Gasteiger partial charge in [0.2, 0.25) is 15.9 Å². The molecule has 1 unspecified atom stereocenters. The lowest BCUT2D eigenvalue weighted by atomic mass is 10.1. The van der Waals surface area contributed by atoms with Crippen LogP contribution in [0.1, 0.15) is 42.5 Å². The molecule has 28 heavy (non-hydrogen) atoms. The summed E-state index contributed by atoms with van der Waals surface area (Å²) in [5.41, 5.74) is 3.07. The third-order valence-electron chi connectivity index (χ3n) is 4.91. The number of carbonyl (C=O) groups excluding carboxylic acids is 1. The Morgan fingerprint density at radius 2 is 1.68 bits per heavy atom. The fraction of sp³-hybridized carbons (Fsp3) is 0.381. The summed E-state index contributed by atoms with van der Waals surface area (Å²) in [5, 5.41) is 2.88. The van der Waals surface area contributed by atoms with E-state index in [4.69, 9.17) is 4.74 Å². The predicted molar refractivity (Wildman–Crippen MR) is 109 cm³/mol. The van der Waals surface area contributed by atoms with Gasteiger partial charge in [0.25, 0.3) is 0 Å². The summed E-state index contributed by atoms with van der Waals surface area (Å²) in [4.78, 5) is 12.0. The zero-order chi connectivity index (χ0) is 20.5. The summed E-state index contributed by atoms with van der Waals surface area (Å²) >= 11 is 0. The Hall–Kier alpha value is -2.38. The molecule has 3 rings (SSSR count). The highest BCUT2D eigenvalue weighted by atomic mass is 32.2. The number of benzene rings is 2. The van der Waals surface area contributed by atoms with E-state index >= 15 is 0 Å². The number of rotatable bonds is 7. The number of carbonyl (C=O) groups is 1. The van der Waals surface area contributed by atoms with Gasteiger partial charge in [-0.05, 0) is 74.6 Å². The van der Waals surface area contributed by atoms with E-state index in [-0.39, 0.29) is 16.7 Å². The fourth-order valence-electron chi connectivity index (χ4n) is 3.20. The van der Waals surface area contributed by atoms with Crippen LogP contribution < -0.4 is 14.8 Å². The minimum absolute atomic E-state index is 0.0479. The van der Waals surface area contributed by atoms with Gasteiger partial charge in [-0.25, -0.2) is 13.1 Å². The maximum atomic E-state index is 12.8. The monoisotopic (exact) mass is 402 g/mol. The van der Waals surface area contributed by atoms with E-state index in [1.165, 1.54) is 0 Å². The van der Waals surface area contributed by atoms with E-state index in [1.54, 1.807) is 38.3 Å². The molecule has 0 radical (unpaired) electrons. The first-order valence-electron chi connectivity index (χ1n) is 9.29. The van der Waals surface area contributed by atoms with Crippen molar-refractivity contribution in [3.05, 3.63) is 53.1 Å². The fourth-order valence-corrected chi connectivity index (χ4v) is 4.60. The van der Waals surface area contributed by atoms with Crippen LogP contribution in [0.15, 0.2) is 41.3 Å². The number of hydrogen-bond acceptors (Lipinski definition) is 4. The number of sulfonamides is 1. The Morgan fingerprint density at radius 3 is 2.18 bits per heavy atom. The Labute approximate surface area is 166 Å². The number of methoxy groups -OCH3 is 1. The molecule has 1 saturated carbocycles. The molecule has 1 aliphatic carbocycles. The van der Waals surface area contributed by atoms with Crippen LogP contribution in [0.5, 0.6) is 5.75 Å². The Bertz CT molecular complexity index is 957. The van der Waals surface area contributed by atoms with Crippen molar-refractivity contribution in [2.45, 2.75) is 44.6 Å². The van der Waals surface area contributed by atoms with Crippen LogP contribution in [0.3, 0.4) is 0 Å². The number of anilines is 1. The zero-order valence-corrected chi connectivity index (χ0v) is 17.4. The van der Waals surface area contributed by atoms with E-state index in [1.807, 2.05) is 26.0 Å². The normalized spacial score (nSPS) is 15.1. The van der Waals surface area contributed by atoms with Gasteiger partial charge < -0.3 is 10.1 Å². The summed E-state index contributed by atoms with van der Waals surface area (Å²) < 4.78 is 33.6. The van der Waals surface area contributed by atoms with Crippen molar-refractivity contribution in [1.82, 2.24) is 4.72 Å². The van der Waals surface area contributed by atoms with Crippen molar-refractivity contribution < 1.29 is 17.9 Å². The predicted octanol–water partition coefficient (Wildman–Crippen LogP) is 3.70. The second-order valence-corrected chi connectivity index (χ2v) is 9.03. The molecule has 1 fully saturated rings. The van der Waals surface area contributed by atoms with Gasteiger partial charge in [0, 0.05) is 17.6 Å². The standard InChI is InChI=1S/C21H26N2O4S/c1-13-11-19(12-14(2)20(13)27-4)28(25,26)23-15(3)16-7-9-18(10-8-16)22-21(24)17-5-6-17/h7-12,15,17,23H,5-6H2,1-4H3,(H,22,24). The van der Waals surface area contributed by atoms with E-state index in [9.17, 15) is 13.2 Å². The van der Waals surface area contributed by atoms with Gasteiger partial charge in [0.15, 0.2) is 0 Å². The summed E-state index contributed by atoms with van der Waals surface area (Å²) in [6.07, 6.45) is 1.90. The van der Waals surface area contributed by atoms with Crippen LogP contribution in [-0.4, -0.2) is 21.4 Å². The van der Waals surface area contributed by atoms with E-state index < -0.39 is 16.1 Å². The average molecular weight is 403 g/mol. The molecule has 1 amide bonds. The first-order chi connectivity index (χ1) is 13.2. The molecule has 2 N–H and O–H groups in total. The van der Waals surface area contributed by atoms with E-state index in [0.29, 0.717) is 5.75 Å². The zero-order valence-electron chi connectivity index (χ0n) is 16.6. The molecular formula is C21H26N2O4S. The van der Waals surface area contributed by atoms with Crippen LogP contribution in [0.2, 0.25) is 0 Å². The van der Waals surface area contributed by atoms with Gasteiger partial charge in [0.1, 0.15) is 5.75 Å². The molecule has 1 aliphatic rings. The van der Waals surface area contributed by atoms with Crippen LogP contribution in [-0.2, 0) is 14.8 Å². The van der Waals surface area contributed by atoms with Crippen LogP contribution in [0.4, 0.5) is 5.69 Å². The van der Waals surface area contributed by atoms with Crippen molar-refractivity contribution >= 4 is 21.6 Å². The SMILES string of the molecule is COc1c(C)cc(S(=O)(=O)NC(C)c2ccc(NC(=O)C3CC3)cc2)cc1C. The molecule has 0 spiro atoms. The van der Waals surface area contributed by atoms with Gasteiger partial charge >= 0.3 is 0 Å². The minimum atomic E-state index is -3.69. The molecule has 2 aromatic rings. The van der Waals surface area contributed by atoms with Crippen molar-refractivity contribution in [3.8, 4) is 5.75 Å². The number of amides is 1. The lowest BCUT2D eigenvalue weighted by Gasteiger charge is -2.17. The highest BCUT2D eigenvalue weighted by Gasteiger charge is 2.29. The lowest BCUT2D eigenvalue weighted by molar-refractivity contribution is -0.117. The number of nitrogens with one attached hydrogen (secondary N) is 2. The first-order valence-corrected chi connectivity index (χ1v) is 10.8. The lowest BCUT2D eigenvalue weighted by Crippen LogP contribution is -2.27.